The topological polar surface area (TPSA) is 75.6 Å². The SMILES string of the molecule is CCC(CNC(=O)C1CCOc2ccccc21)(C(=O)O)c1ccccc1. The molecule has 3 rings (SSSR count). The number of fused-ring (bicyclic) bond motifs is 1. The van der Waals surface area contributed by atoms with Crippen molar-refractivity contribution in [2.45, 2.75) is 31.1 Å². The van der Waals surface area contributed by atoms with E-state index in [1.807, 2.05) is 49.4 Å². The highest BCUT2D eigenvalue weighted by molar-refractivity contribution is 5.87. The number of carboxylic acid groups (broad SMARTS) is 1. The van der Waals surface area contributed by atoms with Crippen LogP contribution < -0.4 is 10.1 Å². The highest BCUT2D eigenvalue weighted by Gasteiger charge is 2.40. The number of para-hydroxylation sites is 1. The van der Waals surface area contributed by atoms with Gasteiger partial charge in [0.2, 0.25) is 5.91 Å². The summed E-state index contributed by atoms with van der Waals surface area (Å²) in [6.07, 6.45) is 0.970. The van der Waals surface area contributed by atoms with E-state index in [1.54, 1.807) is 12.1 Å². The number of ether oxygens (including phenoxy) is 1. The lowest BCUT2D eigenvalue weighted by molar-refractivity contribution is -0.144. The van der Waals surface area contributed by atoms with Crippen LogP contribution in [0.15, 0.2) is 54.6 Å². The summed E-state index contributed by atoms with van der Waals surface area (Å²) in [7, 11) is 0. The van der Waals surface area contributed by atoms with Crippen LogP contribution in [0.25, 0.3) is 0 Å². The third-order valence-electron chi connectivity index (χ3n) is 5.18. The number of rotatable bonds is 6. The van der Waals surface area contributed by atoms with Gasteiger partial charge in [0.15, 0.2) is 0 Å². The molecule has 26 heavy (non-hydrogen) atoms. The fraction of sp³-hybridized carbons (Fsp3) is 0.333. The summed E-state index contributed by atoms with van der Waals surface area (Å²) in [5, 5.41) is 12.8. The van der Waals surface area contributed by atoms with Gasteiger partial charge in [-0.15, -0.1) is 0 Å². The van der Waals surface area contributed by atoms with Gasteiger partial charge >= 0.3 is 5.97 Å². The number of carboxylic acids is 1. The molecule has 1 aliphatic heterocycles. The summed E-state index contributed by atoms with van der Waals surface area (Å²) in [5.41, 5.74) is 0.415. The lowest BCUT2D eigenvalue weighted by Gasteiger charge is -2.31. The maximum Gasteiger partial charge on any atom is 0.315 e. The van der Waals surface area contributed by atoms with Gasteiger partial charge < -0.3 is 15.2 Å². The molecule has 0 aliphatic carbocycles. The molecule has 1 aliphatic rings. The quantitative estimate of drug-likeness (QED) is 0.837. The molecular weight excluding hydrogens is 330 g/mol. The van der Waals surface area contributed by atoms with Crippen molar-refractivity contribution in [2.75, 3.05) is 13.2 Å². The molecular formula is C21H23NO4. The zero-order valence-corrected chi connectivity index (χ0v) is 14.8. The van der Waals surface area contributed by atoms with Crippen LogP contribution in [0.5, 0.6) is 5.75 Å². The predicted octanol–water partition coefficient (Wildman–Crippen LogP) is 3.10. The molecule has 0 spiro atoms. The maximum absolute atomic E-state index is 12.8. The first-order chi connectivity index (χ1) is 12.6. The second-order valence-corrected chi connectivity index (χ2v) is 6.55. The Morgan fingerprint density at radius 2 is 1.85 bits per heavy atom. The molecule has 1 heterocycles. The summed E-state index contributed by atoms with van der Waals surface area (Å²) in [4.78, 5) is 24.9. The Kier molecular flexibility index (Phi) is 5.26. The van der Waals surface area contributed by atoms with E-state index in [4.69, 9.17) is 4.74 Å². The van der Waals surface area contributed by atoms with Crippen molar-refractivity contribution < 1.29 is 19.4 Å². The van der Waals surface area contributed by atoms with Crippen molar-refractivity contribution in [3.05, 3.63) is 65.7 Å². The molecule has 2 atom stereocenters. The number of carbonyl (C=O) groups excluding carboxylic acids is 1. The van der Waals surface area contributed by atoms with E-state index < -0.39 is 11.4 Å². The minimum absolute atomic E-state index is 0.0568. The van der Waals surface area contributed by atoms with Crippen LogP contribution in [0.2, 0.25) is 0 Å². The average molecular weight is 353 g/mol. The Bertz CT molecular complexity index is 790. The Labute approximate surface area is 153 Å². The van der Waals surface area contributed by atoms with Gasteiger partial charge in [0, 0.05) is 12.1 Å². The lowest BCUT2D eigenvalue weighted by atomic mass is 9.77. The zero-order valence-electron chi connectivity index (χ0n) is 14.8. The molecule has 1 amide bonds. The van der Waals surface area contributed by atoms with Crippen LogP contribution in [0.4, 0.5) is 0 Å². The summed E-state index contributed by atoms with van der Waals surface area (Å²) < 4.78 is 5.60. The summed E-state index contributed by atoms with van der Waals surface area (Å²) >= 11 is 0. The number of nitrogens with one attached hydrogen (secondary N) is 1. The first-order valence-electron chi connectivity index (χ1n) is 8.87. The van der Waals surface area contributed by atoms with Crippen LogP contribution in [-0.4, -0.2) is 30.1 Å². The lowest BCUT2D eigenvalue weighted by Crippen LogP contribution is -2.47. The number of hydrogen-bond donors (Lipinski definition) is 2. The Morgan fingerprint density at radius 3 is 2.54 bits per heavy atom. The predicted molar refractivity (Wildman–Crippen MR) is 98.4 cm³/mol. The third-order valence-corrected chi connectivity index (χ3v) is 5.18. The normalized spacial score (nSPS) is 18.1. The summed E-state index contributed by atoms with van der Waals surface area (Å²) in [6, 6.07) is 16.6. The van der Waals surface area contributed by atoms with Crippen molar-refractivity contribution in [3.8, 4) is 5.75 Å². The van der Waals surface area contributed by atoms with Crippen LogP contribution in [0.1, 0.15) is 36.8 Å². The van der Waals surface area contributed by atoms with Crippen LogP contribution in [0.3, 0.4) is 0 Å². The molecule has 0 saturated carbocycles. The number of amides is 1. The van der Waals surface area contributed by atoms with Crippen molar-refractivity contribution in [3.63, 3.8) is 0 Å². The van der Waals surface area contributed by atoms with Gasteiger partial charge in [-0.1, -0.05) is 55.5 Å². The molecule has 0 bridgehead atoms. The third kappa shape index (κ3) is 3.29. The minimum atomic E-state index is -1.14. The van der Waals surface area contributed by atoms with E-state index in [0.717, 1.165) is 11.3 Å². The Morgan fingerprint density at radius 1 is 1.15 bits per heavy atom. The van der Waals surface area contributed by atoms with Crippen molar-refractivity contribution in [1.29, 1.82) is 0 Å². The molecule has 0 saturated heterocycles. The van der Waals surface area contributed by atoms with Gasteiger partial charge in [-0.3, -0.25) is 9.59 Å². The second kappa shape index (κ2) is 7.60. The molecule has 136 valence electrons. The van der Waals surface area contributed by atoms with Crippen LogP contribution in [0, 0.1) is 0 Å². The van der Waals surface area contributed by atoms with Crippen molar-refractivity contribution in [2.24, 2.45) is 0 Å². The van der Waals surface area contributed by atoms with E-state index in [-0.39, 0.29) is 18.4 Å². The van der Waals surface area contributed by atoms with Crippen LogP contribution >= 0.6 is 0 Å². The highest BCUT2D eigenvalue weighted by Crippen LogP contribution is 2.34. The minimum Gasteiger partial charge on any atom is -0.493 e. The van der Waals surface area contributed by atoms with E-state index in [0.29, 0.717) is 25.0 Å². The summed E-state index contributed by atoms with van der Waals surface area (Å²) in [5.74, 6) is -0.685. The second-order valence-electron chi connectivity index (χ2n) is 6.55. The Balaban J connectivity index is 1.80. The fourth-order valence-electron chi connectivity index (χ4n) is 3.51. The van der Waals surface area contributed by atoms with Gasteiger partial charge in [0.05, 0.1) is 12.5 Å². The van der Waals surface area contributed by atoms with E-state index >= 15 is 0 Å². The van der Waals surface area contributed by atoms with Gasteiger partial charge in [-0.25, -0.2) is 0 Å². The molecule has 5 heteroatoms. The first kappa shape index (κ1) is 18.0. The fourth-order valence-corrected chi connectivity index (χ4v) is 3.51. The monoisotopic (exact) mass is 353 g/mol. The molecule has 5 nitrogen and oxygen atoms in total. The van der Waals surface area contributed by atoms with E-state index in [9.17, 15) is 14.7 Å². The largest absolute Gasteiger partial charge is 0.493 e. The molecule has 0 aromatic heterocycles. The molecule has 2 aromatic rings. The molecule has 0 fully saturated rings. The van der Waals surface area contributed by atoms with Crippen molar-refractivity contribution in [1.82, 2.24) is 5.32 Å². The number of aliphatic carboxylic acids is 1. The standard InChI is InChI=1S/C21H23NO4/c1-2-21(20(24)25,15-8-4-3-5-9-15)14-22-19(23)17-12-13-26-18-11-7-6-10-16(17)18/h3-11,17H,2,12-14H2,1H3,(H,22,23)(H,24,25). The van der Waals surface area contributed by atoms with Gasteiger partial charge in [0.25, 0.3) is 0 Å². The zero-order chi connectivity index (χ0) is 18.6. The van der Waals surface area contributed by atoms with E-state index in [1.165, 1.54) is 0 Å². The summed E-state index contributed by atoms with van der Waals surface area (Å²) in [6.45, 7) is 2.36. The van der Waals surface area contributed by atoms with Crippen molar-refractivity contribution >= 4 is 11.9 Å². The Hall–Kier alpha value is -2.82. The smallest absolute Gasteiger partial charge is 0.315 e. The first-order valence-corrected chi connectivity index (χ1v) is 8.87. The average Bonchev–Trinajstić information content (AvgIpc) is 2.68. The molecule has 2 N–H and O–H groups in total. The van der Waals surface area contributed by atoms with Gasteiger partial charge in [0.1, 0.15) is 11.2 Å². The highest BCUT2D eigenvalue weighted by atomic mass is 16.5. The van der Waals surface area contributed by atoms with Gasteiger partial charge in [-0.05, 0) is 24.5 Å². The van der Waals surface area contributed by atoms with Crippen LogP contribution in [-0.2, 0) is 15.0 Å². The maximum atomic E-state index is 12.8. The molecule has 2 aromatic carbocycles. The number of carbonyl (C=O) groups is 2. The molecule has 2 unspecified atom stereocenters. The number of hydrogen-bond acceptors (Lipinski definition) is 3. The van der Waals surface area contributed by atoms with E-state index in [2.05, 4.69) is 5.32 Å². The molecule has 0 radical (unpaired) electrons. The number of benzene rings is 2. The van der Waals surface area contributed by atoms with Gasteiger partial charge in [-0.2, -0.15) is 0 Å².